The predicted octanol–water partition coefficient (Wildman–Crippen LogP) is 4.31. The average Bonchev–Trinajstić information content (AvgIpc) is 3.74. The number of ether oxygens (including phenoxy) is 2. The van der Waals surface area contributed by atoms with Gasteiger partial charge in [0.2, 0.25) is 0 Å². The molecule has 0 N–H and O–H groups in total. The third-order valence-corrected chi connectivity index (χ3v) is 13.6. The number of halogens is 2. The highest BCUT2D eigenvalue weighted by molar-refractivity contribution is 5.83. The molecule has 4 bridgehead atoms. The topological polar surface area (TPSA) is 18.5 Å². The summed E-state index contributed by atoms with van der Waals surface area (Å²) >= 11 is 0. The molecule has 0 amide bonds. The third-order valence-electron chi connectivity index (χ3n) is 13.6. The number of rotatable bonds is 18. The predicted molar refractivity (Wildman–Crippen MR) is 204 cm³/mol. The highest BCUT2D eigenvalue weighted by atomic mass is 127. The van der Waals surface area contributed by atoms with Crippen LogP contribution in [-0.4, -0.2) is 75.5 Å². The van der Waals surface area contributed by atoms with E-state index in [-0.39, 0.29) is 48.0 Å². The molecule has 0 aromatic heterocycles. The van der Waals surface area contributed by atoms with Crippen LogP contribution < -0.4 is 57.4 Å². The summed E-state index contributed by atoms with van der Waals surface area (Å²) in [6, 6.07) is 18.3. The van der Waals surface area contributed by atoms with Crippen LogP contribution >= 0.6 is 0 Å². The van der Waals surface area contributed by atoms with Crippen LogP contribution in [0, 0.1) is 23.7 Å². The summed E-state index contributed by atoms with van der Waals surface area (Å²) in [5.41, 5.74) is 6.01. The van der Waals surface area contributed by atoms with Gasteiger partial charge in [0.15, 0.2) is 0 Å². The lowest BCUT2D eigenvalue weighted by molar-refractivity contribution is -0.897. The number of nitrogens with zero attached hydrogens (tertiary/aromatic N) is 2. The molecule has 4 saturated carbocycles. The van der Waals surface area contributed by atoms with Gasteiger partial charge in [0.05, 0.1) is 66.6 Å². The fourth-order valence-corrected chi connectivity index (χ4v) is 11.0. The molecule has 284 valence electrons. The summed E-state index contributed by atoms with van der Waals surface area (Å²) in [5, 5.41) is 0. The van der Waals surface area contributed by atoms with Gasteiger partial charge in [-0.05, 0) is 148 Å². The van der Waals surface area contributed by atoms with Crippen molar-refractivity contribution in [2.75, 3.05) is 66.6 Å². The molecule has 2 heterocycles. The van der Waals surface area contributed by atoms with Crippen molar-refractivity contribution >= 4 is 5.57 Å². The summed E-state index contributed by atoms with van der Waals surface area (Å²) < 4.78 is 15.1. The van der Waals surface area contributed by atoms with Gasteiger partial charge >= 0.3 is 0 Å². The van der Waals surface area contributed by atoms with Gasteiger partial charge in [-0.3, -0.25) is 0 Å². The van der Waals surface area contributed by atoms with Crippen molar-refractivity contribution in [2.24, 2.45) is 23.7 Å². The first-order valence-electron chi connectivity index (χ1n) is 20.8. The summed E-state index contributed by atoms with van der Waals surface area (Å²) in [6.45, 7) is 9.92. The number of benzene rings is 2. The molecule has 4 nitrogen and oxygen atoms in total. The molecule has 2 saturated heterocycles. The van der Waals surface area contributed by atoms with E-state index in [9.17, 15) is 0 Å². The zero-order chi connectivity index (χ0) is 33.5. The van der Waals surface area contributed by atoms with Crippen molar-refractivity contribution in [3.05, 3.63) is 65.2 Å². The van der Waals surface area contributed by atoms with E-state index >= 15 is 0 Å². The number of quaternary nitrogens is 2. The maximum absolute atomic E-state index is 6.26. The molecule has 0 spiro atoms. The van der Waals surface area contributed by atoms with Crippen LogP contribution in [-0.2, 0) is 0 Å². The Bertz CT molecular complexity index is 1250. The van der Waals surface area contributed by atoms with E-state index in [0.717, 1.165) is 61.2 Å². The van der Waals surface area contributed by atoms with Crippen LogP contribution in [0.5, 0.6) is 11.5 Å². The summed E-state index contributed by atoms with van der Waals surface area (Å²) in [4.78, 5) is 0. The van der Waals surface area contributed by atoms with E-state index in [1.165, 1.54) is 161 Å². The highest BCUT2D eigenvalue weighted by Crippen LogP contribution is 2.58. The Labute approximate surface area is 345 Å². The lowest BCUT2D eigenvalue weighted by atomic mass is 9.53. The smallest absolute Gasteiger partial charge is 0.119 e. The van der Waals surface area contributed by atoms with Crippen LogP contribution in [0.25, 0.3) is 5.57 Å². The second-order valence-corrected chi connectivity index (χ2v) is 17.7. The van der Waals surface area contributed by atoms with Crippen molar-refractivity contribution in [1.29, 1.82) is 0 Å². The van der Waals surface area contributed by atoms with Crippen molar-refractivity contribution in [2.45, 2.75) is 109 Å². The van der Waals surface area contributed by atoms with Crippen molar-refractivity contribution in [1.82, 2.24) is 0 Å². The van der Waals surface area contributed by atoms with Gasteiger partial charge in [-0.15, -0.1) is 0 Å². The summed E-state index contributed by atoms with van der Waals surface area (Å²) in [5.74, 6) is 5.50. The zero-order valence-electron chi connectivity index (χ0n) is 32.1. The Morgan fingerprint density at radius 3 is 1.27 bits per heavy atom. The number of allylic oxidation sites excluding steroid dienone is 1. The lowest BCUT2D eigenvalue weighted by Gasteiger charge is -2.52. The van der Waals surface area contributed by atoms with Crippen molar-refractivity contribution in [3.63, 3.8) is 0 Å². The minimum Gasteiger partial charge on any atom is -1.00 e. The molecule has 6 heteroatoms. The molecule has 4 aliphatic carbocycles. The number of hydrogen-bond acceptors (Lipinski definition) is 2. The van der Waals surface area contributed by atoms with E-state index in [1.54, 1.807) is 5.57 Å². The number of unbranched alkanes of at least 4 members (excludes halogenated alkanes) is 6. The minimum atomic E-state index is 0. The molecule has 6 aliphatic rings. The molecule has 8 rings (SSSR count). The molecule has 51 heavy (non-hydrogen) atoms. The van der Waals surface area contributed by atoms with Crippen molar-refractivity contribution < 1.29 is 66.4 Å². The quantitative estimate of drug-likeness (QED) is 0.126. The van der Waals surface area contributed by atoms with E-state index in [0.29, 0.717) is 0 Å². The Morgan fingerprint density at radius 2 is 0.882 bits per heavy atom. The second-order valence-electron chi connectivity index (χ2n) is 17.7. The Balaban J connectivity index is 0.00000252. The van der Waals surface area contributed by atoms with Gasteiger partial charge < -0.3 is 66.4 Å². The van der Waals surface area contributed by atoms with E-state index in [4.69, 9.17) is 9.47 Å². The summed E-state index contributed by atoms with van der Waals surface area (Å²) in [7, 11) is 4.91. The Kier molecular flexibility index (Phi) is 15.9. The fourth-order valence-electron chi connectivity index (χ4n) is 11.0. The van der Waals surface area contributed by atoms with Gasteiger partial charge in [0.1, 0.15) is 11.5 Å². The largest absolute Gasteiger partial charge is 1.00 e. The maximum atomic E-state index is 6.26. The zero-order valence-corrected chi connectivity index (χ0v) is 36.4. The normalized spacial score (nSPS) is 25.3. The average molecular weight is 923 g/mol. The molecular weight excluding hydrogens is 854 g/mol. The van der Waals surface area contributed by atoms with Crippen LogP contribution in [0.2, 0.25) is 0 Å². The number of likely N-dealkylation sites (tertiary alicyclic amines) is 2. The first-order chi connectivity index (χ1) is 24.0. The monoisotopic (exact) mass is 922 g/mol. The molecule has 6 fully saturated rings. The molecule has 0 atom stereocenters. The molecule has 2 aromatic carbocycles. The van der Waals surface area contributed by atoms with Gasteiger partial charge in [-0.2, -0.15) is 0 Å². The summed E-state index contributed by atoms with van der Waals surface area (Å²) in [6.07, 6.45) is 23.0. The maximum Gasteiger partial charge on any atom is 0.119 e. The molecule has 2 aliphatic heterocycles. The van der Waals surface area contributed by atoms with E-state index in [1.807, 2.05) is 0 Å². The standard InChI is InChI=1S/C45H68N2O2.2HI/c1-46(25-9-10-26-46)23-7-3-5-13-29-48-42-19-15-38(16-20-42)44(45-40-32-36-31-37(34-40)35-41(45)33-36)39-17-21-43(22-18-39)49-30-14-6-4-8-24-47(2)27-11-12-28-47;;/h15-22,36-37,40-41H,3-14,23-35H2,1-2H3;2*1H/q+2;;/p-2. The molecule has 2 aromatic rings. The van der Waals surface area contributed by atoms with Crippen LogP contribution in [0.4, 0.5) is 0 Å². The first-order valence-corrected chi connectivity index (χ1v) is 20.8. The van der Waals surface area contributed by atoms with Crippen LogP contribution in [0.3, 0.4) is 0 Å². The Morgan fingerprint density at radius 1 is 0.510 bits per heavy atom. The van der Waals surface area contributed by atoms with Crippen molar-refractivity contribution in [3.8, 4) is 11.5 Å². The molecular formula is C45H68I2N2O2. The number of hydrogen-bond donors (Lipinski definition) is 0. The van der Waals surface area contributed by atoms with E-state index < -0.39 is 0 Å². The highest BCUT2D eigenvalue weighted by Gasteiger charge is 2.46. The first kappa shape index (κ1) is 41.3. The van der Waals surface area contributed by atoms with E-state index in [2.05, 4.69) is 62.6 Å². The van der Waals surface area contributed by atoms with Crippen LogP contribution in [0.15, 0.2) is 54.1 Å². The van der Waals surface area contributed by atoms with Gasteiger partial charge in [0.25, 0.3) is 0 Å². The SMILES string of the molecule is C[N+]1(CCCCCCOc2ccc(C(=C3C4CC5CC(C4)CC3C5)c3ccc(OCCCCCC[N+]4(C)CCCC4)cc3)cc2)CCCC1.[I-].[I-]. The van der Waals surface area contributed by atoms with Gasteiger partial charge in [-0.25, -0.2) is 0 Å². The fraction of sp³-hybridized carbons (Fsp3) is 0.689. The minimum absolute atomic E-state index is 0. The molecule has 0 unspecified atom stereocenters. The second kappa shape index (κ2) is 19.7. The molecule has 0 radical (unpaired) electrons. The van der Waals surface area contributed by atoms with Crippen LogP contribution in [0.1, 0.15) is 120 Å². The lowest BCUT2D eigenvalue weighted by Crippen LogP contribution is -3.00. The van der Waals surface area contributed by atoms with Gasteiger partial charge in [0, 0.05) is 25.7 Å². The third kappa shape index (κ3) is 11.1. The Hall–Kier alpha value is -0.840. The van der Waals surface area contributed by atoms with Gasteiger partial charge in [-0.1, -0.05) is 29.8 Å².